The first-order chi connectivity index (χ1) is 11.9. The molecule has 7 nitrogen and oxygen atoms in total. The minimum Gasteiger partial charge on any atom is -0.408 e. The monoisotopic (exact) mass is 369 g/mol. The fourth-order valence-corrected chi connectivity index (χ4v) is 4.44. The number of rotatable bonds is 4. The van der Waals surface area contributed by atoms with Gasteiger partial charge >= 0.3 is 5.69 Å². The molecule has 0 radical (unpaired) electrons. The Kier molecular flexibility index (Phi) is 4.06. The van der Waals surface area contributed by atoms with Gasteiger partial charge in [-0.15, -0.1) is 0 Å². The first-order valence-electron chi connectivity index (χ1n) is 9.18. The quantitative estimate of drug-likeness (QED) is 0.821. The Labute approximate surface area is 149 Å². The molecule has 1 aromatic rings. The van der Waals surface area contributed by atoms with Gasteiger partial charge in [-0.25, -0.2) is 4.79 Å². The van der Waals surface area contributed by atoms with Crippen molar-refractivity contribution in [3.63, 3.8) is 0 Å². The Morgan fingerprint density at radius 1 is 1.48 bits per heavy atom. The zero-order valence-electron chi connectivity index (χ0n) is 16.7. The lowest BCUT2D eigenvalue weighted by molar-refractivity contribution is -0.175. The average Bonchev–Trinajstić information content (AvgIpc) is 2.99. The fraction of sp³-hybridized carbons (Fsp3) is 0.765. The Morgan fingerprint density at radius 3 is 2.72 bits per heavy atom. The molecule has 0 aliphatic carbocycles. The third-order valence-electron chi connectivity index (χ3n) is 5.74. The molecule has 3 heterocycles. The number of aromatic amines is 1. The third-order valence-corrected chi connectivity index (χ3v) is 10.2. The van der Waals surface area contributed by atoms with Crippen molar-refractivity contribution in [2.24, 2.45) is 0 Å². The zero-order valence-corrected chi connectivity index (χ0v) is 16.7. The van der Waals surface area contributed by atoms with Crippen LogP contribution in [0, 0.1) is 0 Å². The van der Waals surface area contributed by atoms with E-state index in [1.54, 1.807) is 6.92 Å². The number of H-pyrrole nitrogens is 1. The van der Waals surface area contributed by atoms with Gasteiger partial charge in [0.25, 0.3) is 5.56 Å². The lowest BCUT2D eigenvalue weighted by Crippen LogP contribution is -2.51. The molecule has 2 aliphatic rings. The minimum atomic E-state index is -2.15. The van der Waals surface area contributed by atoms with Crippen molar-refractivity contribution in [3.05, 3.63) is 33.1 Å². The first-order valence-corrected chi connectivity index (χ1v) is 11.5. The van der Waals surface area contributed by atoms with E-state index in [4.69, 9.17) is 15.3 Å². The van der Waals surface area contributed by atoms with E-state index in [1.165, 1.54) is 16.8 Å². The smallest absolute Gasteiger partial charge is 0.330 e. The Morgan fingerprint density at radius 2 is 2.16 bits per heavy atom. The van der Waals surface area contributed by atoms with Crippen molar-refractivity contribution < 1.29 is 15.3 Å². The maximum atomic E-state index is 12.2. The highest BCUT2D eigenvalue weighted by molar-refractivity contribution is 6.74. The number of nitrogens with zero attached hydrogens (tertiary/aromatic N) is 1. The average molecular weight is 370 g/mol. The molecule has 3 rings (SSSR count). The van der Waals surface area contributed by atoms with Gasteiger partial charge in [0.1, 0.15) is 17.8 Å². The molecule has 2 bridgehead atoms. The molecule has 0 saturated carbocycles. The van der Waals surface area contributed by atoms with Crippen molar-refractivity contribution in [1.82, 2.24) is 9.55 Å². The summed E-state index contributed by atoms with van der Waals surface area (Å²) < 4.78 is 28.5. The summed E-state index contributed by atoms with van der Waals surface area (Å²) in [4.78, 5) is 25.8. The standard InChI is InChI=1S/C17H28N2O5Si/c1-7-17-10-22-12(13(17)24-25(5,6)16(2,3)4)14(23-17)19-9-8-11(20)18-15(19)21/h8-9,12-14H,7,10H2,1-6H3,(H,18,20,21)/t12-,13+,14+,17+/m0/s1/i7D/t7-,12+,13-,14-,17-/m1. The van der Waals surface area contributed by atoms with Crippen LogP contribution in [0.3, 0.4) is 0 Å². The van der Waals surface area contributed by atoms with Gasteiger partial charge in [-0.1, -0.05) is 27.7 Å². The highest BCUT2D eigenvalue weighted by atomic mass is 28.4. The van der Waals surface area contributed by atoms with Gasteiger partial charge in [0.2, 0.25) is 0 Å². The summed E-state index contributed by atoms with van der Waals surface area (Å²) >= 11 is 0. The van der Waals surface area contributed by atoms with E-state index >= 15 is 0 Å². The lowest BCUT2D eigenvalue weighted by Gasteiger charge is -2.40. The van der Waals surface area contributed by atoms with Crippen LogP contribution in [0.5, 0.6) is 0 Å². The summed E-state index contributed by atoms with van der Waals surface area (Å²) in [7, 11) is -2.15. The number of aromatic nitrogens is 2. The summed E-state index contributed by atoms with van der Waals surface area (Å²) in [6.45, 7) is 12.8. The van der Waals surface area contributed by atoms with Crippen LogP contribution >= 0.6 is 0 Å². The molecule has 1 aromatic heterocycles. The number of fused-ring (bicyclic) bond motifs is 2. The summed E-state index contributed by atoms with van der Waals surface area (Å²) in [5.41, 5.74) is -1.95. The van der Waals surface area contributed by atoms with E-state index in [-0.39, 0.29) is 11.6 Å². The molecule has 25 heavy (non-hydrogen) atoms. The van der Waals surface area contributed by atoms with Crippen LogP contribution in [-0.2, 0) is 13.9 Å². The van der Waals surface area contributed by atoms with Gasteiger partial charge in [0.05, 0.1) is 6.61 Å². The lowest BCUT2D eigenvalue weighted by atomic mass is 9.96. The van der Waals surface area contributed by atoms with Gasteiger partial charge in [0.15, 0.2) is 14.5 Å². The SMILES string of the molecule is [2H][C@H](C)[C@]12CO[C@H]([C@H](n3ccc(=O)[nH]c3=O)O1)[C@H]2O[Si](C)(C)C(C)(C)C. The molecule has 2 fully saturated rings. The highest BCUT2D eigenvalue weighted by Crippen LogP contribution is 2.50. The Bertz CT molecular complexity index is 799. The number of nitrogens with one attached hydrogen (secondary N) is 1. The zero-order chi connectivity index (χ0) is 19.5. The van der Waals surface area contributed by atoms with E-state index in [2.05, 4.69) is 38.8 Å². The van der Waals surface area contributed by atoms with Gasteiger partial charge < -0.3 is 13.9 Å². The fourth-order valence-electron chi connectivity index (χ4n) is 3.12. The largest absolute Gasteiger partial charge is 0.408 e. The second-order valence-electron chi connectivity index (χ2n) is 8.34. The van der Waals surface area contributed by atoms with Crippen LogP contribution in [0.2, 0.25) is 18.1 Å². The van der Waals surface area contributed by atoms with Crippen LogP contribution < -0.4 is 11.2 Å². The van der Waals surface area contributed by atoms with Crippen LogP contribution in [0.15, 0.2) is 21.9 Å². The van der Waals surface area contributed by atoms with Crippen molar-refractivity contribution >= 4 is 8.32 Å². The molecule has 2 saturated heterocycles. The molecular weight excluding hydrogens is 340 g/mol. The highest BCUT2D eigenvalue weighted by Gasteiger charge is 2.63. The molecule has 2 aliphatic heterocycles. The van der Waals surface area contributed by atoms with Crippen LogP contribution in [-0.4, -0.2) is 42.3 Å². The molecule has 5 atom stereocenters. The maximum Gasteiger partial charge on any atom is 0.330 e. The summed E-state index contributed by atoms with van der Waals surface area (Å²) in [6.07, 6.45) is -0.844. The molecule has 0 amide bonds. The molecule has 8 heteroatoms. The third kappa shape index (κ3) is 2.95. The van der Waals surface area contributed by atoms with Crippen LogP contribution in [0.25, 0.3) is 0 Å². The number of hydrogen-bond acceptors (Lipinski definition) is 5. The van der Waals surface area contributed by atoms with Gasteiger partial charge in [-0.3, -0.25) is 14.3 Å². The Balaban J connectivity index is 2.00. The second-order valence-corrected chi connectivity index (χ2v) is 13.1. The maximum absolute atomic E-state index is 12.2. The number of hydrogen-bond donors (Lipinski definition) is 1. The topological polar surface area (TPSA) is 82.6 Å². The van der Waals surface area contributed by atoms with Gasteiger partial charge in [0, 0.05) is 13.6 Å². The van der Waals surface area contributed by atoms with E-state index in [9.17, 15) is 9.59 Å². The molecule has 140 valence electrons. The predicted octanol–water partition coefficient (Wildman–Crippen LogP) is 2.00. The second kappa shape index (κ2) is 5.90. The van der Waals surface area contributed by atoms with Crippen molar-refractivity contribution in [2.45, 2.75) is 76.3 Å². The molecule has 0 aromatic carbocycles. The predicted molar refractivity (Wildman–Crippen MR) is 96.3 cm³/mol. The molecular formula is C17H28N2O5Si. The minimum absolute atomic E-state index is 0.00813. The van der Waals surface area contributed by atoms with Crippen molar-refractivity contribution in [1.29, 1.82) is 0 Å². The summed E-state index contributed by atoms with van der Waals surface area (Å²) in [5, 5.41) is -0.00813. The number of ether oxygens (including phenoxy) is 2. The first kappa shape index (κ1) is 17.2. The normalized spacial score (nSPS) is 34.2. The molecule has 1 N–H and O–H groups in total. The van der Waals surface area contributed by atoms with E-state index in [0.29, 0.717) is 0 Å². The summed E-state index contributed by atoms with van der Waals surface area (Å²) in [5.74, 6) is 0. The van der Waals surface area contributed by atoms with Crippen LogP contribution in [0.4, 0.5) is 0 Å². The Hall–Kier alpha value is -1.22. The van der Waals surface area contributed by atoms with E-state index in [1.807, 2.05) is 0 Å². The summed E-state index contributed by atoms with van der Waals surface area (Å²) in [6, 6.07) is 1.28. The van der Waals surface area contributed by atoms with Gasteiger partial charge in [-0.2, -0.15) is 0 Å². The van der Waals surface area contributed by atoms with Crippen molar-refractivity contribution in [3.8, 4) is 0 Å². The molecule has 0 unspecified atom stereocenters. The molecule has 0 spiro atoms. The van der Waals surface area contributed by atoms with E-state index in [0.717, 1.165) is 0 Å². The van der Waals surface area contributed by atoms with Gasteiger partial charge in [-0.05, 0) is 24.5 Å². The van der Waals surface area contributed by atoms with E-state index < -0.39 is 50.0 Å². The van der Waals surface area contributed by atoms with Crippen molar-refractivity contribution in [2.75, 3.05) is 6.61 Å². The van der Waals surface area contributed by atoms with Crippen LogP contribution in [0.1, 0.15) is 41.7 Å².